The van der Waals surface area contributed by atoms with Crippen molar-refractivity contribution in [3.8, 4) is 0 Å². The molecular formula is C21H28N4O. The van der Waals surface area contributed by atoms with Crippen molar-refractivity contribution in [1.29, 1.82) is 0 Å². The number of amides is 1. The normalized spacial score (nSPS) is 21.3. The summed E-state index contributed by atoms with van der Waals surface area (Å²) in [7, 11) is 3.89. The second-order valence-corrected chi connectivity index (χ2v) is 7.18. The average Bonchev–Trinajstić information content (AvgIpc) is 3.05. The van der Waals surface area contributed by atoms with Gasteiger partial charge >= 0.3 is 0 Å². The van der Waals surface area contributed by atoms with Crippen molar-refractivity contribution in [2.45, 2.75) is 25.8 Å². The minimum atomic E-state index is 0.0298. The third-order valence-corrected chi connectivity index (χ3v) is 5.13. The molecule has 1 amide bonds. The lowest BCUT2D eigenvalue weighted by molar-refractivity contribution is -0.137. The molecule has 0 radical (unpaired) electrons. The molecule has 0 unspecified atom stereocenters. The molecular weight excluding hydrogens is 324 g/mol. The number of imidazole rings is 1. The Labute approximate surface area is 155 Å². The number of aromatic nitrogens is 2. The zero-order valence-electron chi connectivity index (χ0n) is 15.9. The summed E-state index contributed by atoms with van der Waals surface area (Å²) in [4.78, 5) is 18.6. The number of nitrogens with zero attached hydrogens (tertiary/aromatic N) is 3. The molecule has 0 spiro atoms. The van der Waals surface area contributed by atoms with Gasteiger partial charge in [0, 0.05) is 46.0 Å². The number of hydrogen-bond acceptors (Lipinski definition) is 3. The van der Waals surface area contributed by atoms with E-state index in [0.29, 0.717) is 12.3 Å². The van der Waals surface area contributed by atoms with Gasteiger partial charge in [-0.15, -0.1) is 0 Å². The van der Waals surface area contributed by atoms with E-state index in [4.69, 9.17) is 0 Å². The Morgan fingerprint density at radius 1 is 1.31 bits per heavy atom. The molecule has 3 rings (SSSR count). The molecule has 2 heterocycles. The zero-order valence-corrected chi connectivity index (χ0v) is 15.9. The van der Waals surface area contributed by atoms with Crippen molar-refractivity contribution < 1.29 is 4.79 Å². The van der Waals surface area contributed by atoms with E-state index in [1.807, 2.05) is 35.8 Å². The molecule has 26 heavy (non-hydrogen) atoms. The molecule has 0 aliphatic carbocycles. The van der Waals surface area contributed by atoms with Gasteiger partial charge < -0.3 is 14.8 Å². The molecule has 0 saturated carbocycles. The minimum absolute atomic E-state index is 0.0298. The molecule has 5 heteroatoms. The maximum absolute atomic E-state index is 12.2. The third-order valence-electron chi connectivity index (χ3n) is 5.13. The predicted octanol–water partition coefficient (Wildman–Crippen LogP) is 3.02. The Morgan fingerprint density at radius 2 is 2.08 bits per heavy atom. The van der Waals surface area contributed by atoms with Crippen LogP contribution in [0.15, 0.2) is 48.3 Å². The Balaban J connectivity index is 1.63. The largest absolute Gasteiger partial charge is 0.336 e. The van der Waals surface area contributed by atoms with E-state index < -0.39 is 0 Å². The smallest absolute Gasteiger partial charge is 0.222 e. The van der Waals surface area contributed by atoms with Gasteiger partial charge in [-0.25, -0.2) is 4.98 Å². The van der Waals surface area contributed by atoms with Gasteiger partial charge in [0.2, 0.25) is 5.91 Å². The first-order valence-corrected chi connectivity index (χ1v) is 9.22. The van der Waals surface area contributed by atoms with Gasteiger partial charge in [-0.2, -0.15) is 0 Å². The number of nitrogens with one attached hydrogen (secondary N) is 1. The van der Waals surface area contributed by atoms with Crippen LogP contribution in [0.2, 0.25) is 0 Å². The number of rotatable bonds is 6. The van der Waals surface area contributed by atoms with Crippen LogP contribution in [-0.4, -0.2) is 40.5 Å². The lowest BCUT2D eigenvalue weighted by atomic mass is 9.88. The zero-order chi connectivity index (χ0) is 18.5. The fourth-order valence-corrected chi connectivity index (χ4v) is 3.71. The van der Waals surface area contributed by atoms with E-state index in [0.717, 1.165) is 25.3 Å². The van der Waals surface area contributed by atoms with Crippen molar-refractivity contribution >= 4 is 12.0 Å². The first kappa shape index (κ1) is 18.4. The summed E-state index contributed by atoms with van der Waals surface area (Å²) in [5, 5.41) is 3.58. The van der Waals surface area contributed by atoms with Crippen molar-refractivity contribution in [1.82, 2.24) is 19.8 Å². The highest BCUT2D eigenvalue weighted by molar-refractivity contribution is 5.77. The Hall–Kier alpha value is -2.40. The van der Waals surface area contributed by atoms with Crippen LogP contribution >= 0.6 is 0 Å². The van der Waals surface area contributed by atoms with E-state index in [9.17, 15) is 4.79 Å². The summed E-state index contributed by atoms with van der Waals surface area (Å²) in [6.45, 7) is 3.86. The average molecular weight is 352 g/mol. The first-order chi connectivity index (χ1) is 12.6. The Kier molecular flexibility index (Phi) is 5.89. The monoisotopic (exact) mass is 352 g/mol. The van der Waals surface area contributed by atoms with Gasteiger partial charge in [0.1, 0.15) is 5.82 Å². The van der Waals surface area contributed by atoms with Gasteiger partial charge in [-0.05, 0) is 24.8 Å². The van der Waals surface area contributed by atoms with Crippen molar-refractivity contribution in [2.75, 3.05) is 20.1 Å². The molecule has 1 aliphatic heterocycles. The van der Waals surface area contributed by atoms with E-state index in [1.165, 1.54) is 11.1 Å². The molecule has 2 aromatic rings. The molecule has 5 nitrogen and oxygen atoms in total. The predicted molar refractivity (Wildman–Crippen MR) is 104 cm³/mol. The number of benzene rings is 1. The van der Waals surface area contributed by atoms with Crippen LogP contribution in [0.25, 0.3) is 6.08 Å². The maximum Gasteiger partial charge on any atom is 0.222 e. The number of carbonyl (C=O) groups is 1. The molecule has 1 aliphatic rings. The van der Waals surface area contributed by atoms with Gasteiger partial charge in [0.15, 0.2) is 0 Å². The van der Waals surface area contributed by atoms with Crippen LogP contribution in [0.3, 0.4) is 0 Å². The molecule has 1 saturated heterocycles. The Bertz CT molecular complexity index is 765. The summed E-state index contributed by atoms with van der Waals surface area (Å²) in [6, 6.07) is 10.4. The molecule has 1 aromatic carbocycles. The van der Waals surface area contributed by atoms with Gasteiger partial charge in [-0.1, -0.05) is 42.0 Å². The van der Waals surface area contributed by atoms with E-state index in [1.54, 1.807) is 6.20 Å². The fraction of sp³-hybridized carbons (Fsp3) is 0.429. The van der Waals surface area contributed by atoms with Crippen LogP contribution in [0.4, 0.5) is 0 Å². The van der Waals surface area contributed by atoms with Crippen LogP contribution in [0.5, 0.6) is 0 Å². The molecule has 1 N–H and O–H groups in total. The molecule has 138 valence electrons. The summed E-state index contributed by atoms with van der Waals surface area (Å²) < 4.78 is 2.02. The topological polar surface area (TPSA) is 50.2 Å². The Morgan fingerprint density at radius 3 is 2.77 bits per heavy atom. The summed E-state index contributed by atoms with van der Waals surface area (Å²) in [6.07, 6.45) is 7.47. The summed E-state index contributed by atoms with van der Waals surface area (Å²) in [5.74, 6) is 1.53. The second-order valence-electron chi connectivity index (χ2n) is 7.18. The number of likely N-dealkylation sites (tertiary alicyclic amines) is 1. The highest BCUT2D eigenvalue weighted by atomic mass is 16.2. The van der Waals surface area contributed by atoms with Gasteiger partial charge in [0.25, 0.3) is 0 Å². The molecule has 1 fully saturated rings. The summed E-state index contributed by atoms with van der Waals surface area (Å²) in [5.41, 5.74) is 2.52. The lowest BCUT2D eigenvalue weighted by Gasteiger charge is -2.38. The van der Waals surface area contributed by atoms with Crippen LogP contribution in [0.1, 0.15) is 37.2 Å². The van der Waals surface area contributed by atoms with Crippen molar-refractivity contribution in [3.63, 3.8) is 0 Å². The van der Waals surface area contributed by atoms with Crippen molar-refractivity contribution in [2.24, 2.45) is 13.0 Å². The SMILES string of the molecule is C/C(=C\c1ccccc1)CNC[C@H]1CCC(=O)N(C)[C@@H]1c1nccn1C. The molecule has 0 bridgehead atoms. The number of hydrogen-bond donors (Lipinski definition) is 1. The van der Waals surface area contributed by atoms with Crippen LogP contribution in [-0.2, 0) is 11.8 Å². The maximum atomic E-state index is 12.2. The minimum Gasteiger partial charge on any atom is -0.336 e. The van der Waals surface area contributed by atoms with Crippen molar-refractivity contribution in [3.05, 3.63) is 59.7 Å². The van der Waals surface area contributed by atoms with E-state index in [2.05, 4.69) is 47.6 Å². The standard InChI is InChI=1S/C21H28N4O/c1-16(13-17-7-5-4-6-8-17)14-22-15-18-9-10-19(26)25(3)20(18)21-23-11-12-24(21)2/h4-8,11-13,18,20,22H,9-10,14-15H2,1-3H3/b16-13+/t18-,20+/m1/s1. The van der Waals surface area contributed by atoms with Crippen LogP contribution < -0.4 is 5.32 Å². The first-order valence-electron chi connectivity index (χ1n) is 9.22. The van der Waals surface area contributed by atoms with E-state index >= 15 is 0 Å². The summed E-state index contributed by atoms with van der Waals surface area (Å²) >= 11 is 0. The molecule has 1 aromatic heterocycles. The number of aryl methyl sites for hydroxylation is 1. The highest BCUT2D eigenvalue weighted by Gasteiger charge is 2.36. The number of piperidine rings is 1. The van der Waals surface area contributed by atoms with Crippen LogP contribution in [0, 0.1) is 5.92 Å². The van der Waals surface area contributed by atoms with Gasteiger partial charge in [0.05, 0.1) is 6.04 Å². The quantitative estimate of drug-likeness (QED) is 0.869. The van der Waals surface area contributed by atoms with E-state index in [-0.39, 0.29) is 11.9 Å². The number of carbonyl (C=O) groups excluding carboxylic acids is 1. The third kappa shape index (κ3) is 4.22. The highest BCUT2D eigenvalue weighted by Crippen LogP contribution is 2.34. The fourth-order valence-electron chi connectivity index (χ4n) is 3.71. The molecule has 2 atom stereocenters. The lowest BCUT2D eigenvalue weighted by Crippen LogP contribution is -2.44. The second kappa shape index (κ2) is 8.32. The van der Waals surface area contributed by atoms with Gasteiger partial charge in [-0.3, -0.25) is 4.79 Å².